The zero-order chi connectivity index (χ0) is 36.7. The normalized spacial score (nSPS) is 11.4. The van der Waals surface area contributed by atoms with Crippen molar-refractivity contribution in [1.29, 1.82) is 0 Å². The van der Waals surface area contributed by atoms with Crippen molar-refractivity contribution < 1.29 is 49.9 Å². The SMILES string of the molecule is Nc1ccc(S(=O)(=O)NS(=O)(=O)c2ccccc2C(=O)O)cc1.O=C(c1ccccc1)c1ccc(NS(=O)(=O)c2ccccc2C(=O)O)cc1. The second-order valence-electron chi connectivity index (χ2n) is 10.1. The predicted octanol–water partition coefficient (Wildman–Crippen LogP) is 4.05. The van der Waals surface area contributed by atoms with Gasteiger partial charge in [-0.05, 0) is 72.8 Å². The maximum atomic E-state index is 12.5. The Kier molecular flexibility index (Phi) is 11.2. The molecule has 0 spiro atoms. The highest BCUT2D eigenvalue weighted by molar-refractivity contribution is 8.04. The Hall–Kier alpha value is -5.88. The van der Waals surface area contributed by atoms with Gasteiger partial charge in [0.15, 0.2) is 5.78 Å². The van der Waals surface area contributed by atoms with Crippen molar-refractivity contribution in [2.45, 2.75) is 14.7 Å². The lowest BCUT2D eigenvalue weighted by atomic mass is 10.0. The Morgan fingerprint density at radius 3 is 1.44 bits per heavy atom. The fourth-order valence-corrected chi connectivity index (χ4v) is 8.65. The van der Waals surface area contributed by atoms with Crippen LogP contribution >= 0.6 is 0 Å². The Morgan fingerprint density at radius 2 is 0.940 bits per heavy atom. The lowest BCUT2D eigenvalue weighted by Crippen LogP contribution is -2.31. The molecule has 0 heterocycles. The largest absolute Gasteiger partial charge is 0.478 e. The van der Waals surface area contributed by atoms with Crippen LogP contribution in [0.2, 0.25) is 0 Å². The number of ketones is 1. The summed E-state index contributed by atoms with van der Waals surface area (Å²) in [5.41, 5.74) is 6.06. The van der Waals surface area contributed by atoms with E-state index in [1.807, 2.05) is 6.07 Å². The van der Waals surface area contributed by atoms with Crippen LogP contribution in [0.15, 0.2) is 142 Å². The second kappa shape index (κ2) is 15.1. The summed E-state index contributed by atoms with van der Waals surface area (Å²) >= 11 is 0. The first-order chi connectivity index (χ1) is 23.5. The number of nitrogens with one attached hydrogen (secondary N) is 2. The van der Waals surface area contributed by atoms with Gasteiger partial charge in [0.05, 0.1) is 20.9 Å². The zero-order valence-electron chi connectivity index (χ0n) is 25.5. The number of aromatic carboxylic acids is 2. The third kappa shape index (κ3) is 8.97. The van der Waals surface area contributed by atoms with Crippen molar-refractivity contribution in [3.8, 4) is 0 Å². The van der Waals surface area contributed by atoms with E-state index in [0.717, 1.165) is 24.3 Å². The molecule has 17 heteroatoms. The number of nitrogens with two attached hydrogens (primary N) is 1. The molecule has 0 bridgehead atoms. The van der Waals surface area contributed by atoms with Gasteiger partial charge in [0.1, 0.15) is 4.90 Å². The van der Waals surface area contributed by atoms with Crippen molar-refractivity contribution >= 4 is 59.2 Å². The van der Waals surface area contributed by atoms with Gasteiger partial charge in [-0.2, -0.15) is 0 Å². The first kappa shape index (κ1) is 36.9. The van der Waals surface area contributed by atoms with Crippen LogP contribution in [0.4, 0.5) is 11.4 Å². The van der Waals surface area contributed by atoms with Crippen LogP contribution in [0.1, 0.15) is 36.6 Å². The molecule has 6 N–H and O–H groups in total. The smallest absolute Gasteiger partial charge is 0.337 e. The molecule has 0 fully saturated rings. The van der Waals surface area contributed by atoms with Crippen LogP contribution in [0.5, 0.6) is 0 Å². The van der Waals surface area contributed by atoms with Crippen molar-refractivity contribution in [3.63, 3.8) is 0 Å². The van der Waals surface area contributed by atoms with Crippen molar-refractivity contribution in [2.75, 3.05) is 10.5 Å². The van der Waals surface area contributed by atoms with Gasteiger partial charge in [0, 0.05) is 22.5 Å². The Bertz CT molecular complexity index is 2380. The number of nitrogen functional groups attached to an aromatic ring is 1. The van der Waals surface area contributed by atoms with Crippen LogP contribution in [0.3, 0.4) is 0 Å². The molecule has 0 aliphatic heterocycles. The number of benzene rings is 5. The first-order valence-corrected chi connectivity index (χ1v) is 18.5. The Morgan fingerprint density at radius 1 is 0.500 bits per heavy atom. The van der Waals surface area contributed by atoms with Gasteiger partial charge >= 0.3 is 11.9 Å². The molecule has 14 nitrogen and oxygen atoms in total. The summed E-state index contributed by atoms with van der Waals surface area (Å²) in [4.78, 5) is 33.4. The minimum atomic E-state index is -4.60. The molecule has 0 radical (unpaired) electrons. The molecule has 0 saturated heterocycles. The van der Waals surface area contributed by atoms with Gasteiger partial charge in [0.25, 0.3) is 30.1 Å². The summed E-state index contributed by atoms with van der Waals surface area (Å²) in [6, 6.07) is 29.5. The minimum absolute atomic E-state index is 0.179. The molecule has 258 valence electrons. The maximum absolute atomic E-state index is 12.5. The van der Waals surface area contributed by atoms with E-state index in [0.29, 0.717) is 16.8 Å². The summed E-state index contributed by atoms with van der Waals surface area (Å²) in [6.07, 6.45) is 0. The molecule has 5 aromatic rings. The van der Waals surface area contributed by atoms with Crippen LogP contribution in [0, 0.1) is 0 Å². The average Bonchev–Trinajstić information content (AvgIpc) is 3.08. The van der Waals surface area contributed by atoms with E-state index in [-0.39, 0.29) is 26.8 Å². The number of hydrogen-bond acceptors (Lipinski definition) is 10. The molecule has 0 unspecified atom stereocenters. The maximum Gasteiger partial charge on any atom is 0.337 e. The summed E-state index contributed by atoms with van der Waals surface area (Å²) in [5, 5.41) is 18.2. The van der Waals surface area contributed by atoms with Gasteiger partial charge < -0.3 is 15.9 Å². The molecule has 0 aromatic heterocycles. The fourth-order valence-electron chi connectivity index (χ4n) is 4.30. The van der Waals surface area contributed by atoms with Crippen molar-refractivity contribution in [3.05, 3.63) is 150 Å². The van der Waals surface area contributed by atoms with E-state index in [2.05, 4.69) is 4.72 Å². The number of carbonyl (C=O) groups excluding carboxylic acids is 1. The number of carboxylic acid groups (broad SMARTS) is 2. The summed E-state index contributed by atoms with van der Waals surface area (Å²) in [5.74, 6) is -3.00. The van der Waals surface area contributed by atoms with E-state index >= 15 is 0 Å². The number of hydrogen-bond donors (Lipinski definition) is 5. The quantitative estimate of drug-likeness (QED) is 0.0952. The van der Waals surface area contributed by atoms with Crippen molar-refractivity contribution in [2.24, 2.45) is 0 Å². The number of sulfonamides is 3. The van der Waals surface area contributed by atoms with Gasteiger partial charge in [-0.1, -0.05) is 54.6 Å². The molecular formula is C33H27N3O11S3. The predicted molar refractivity (Wildman–Crippen MR) is 182 cm³/mol. The van der Waals surface area contributed by atoms with E-state index in [9.17, 15) is 44.7 Å². The highest BCUT2D eigenvalue weighted by atomic mass is 32.3. The van der Waals surface area contributed by atoms with Crippen LogP contribution in [-0.4, -0.2) is 53.2 Å². The van der Waals surface area contributed by atoms with Gasteiger partial charge in [-0.3, -0.25) is 9.52 Å². The van der Waals surface area contributed by atoms with E-state index in [4.69, 9.17) is 10.8 Å². The number of anilines is 2. The first-order valence-electron chi connectivity index (χ1n) is 14.0. The van der Waals surface area contributed by atoms with E-state index in [1.54, 1.807) is 24.3 Å². The van der Waals surface area contributed by atoms with Crippen molar-refractivity contribution in [1.82, 2.24) is 4.13 Å². The highest BCUT2D eigenvalue weighted by Crippen LogP contribution is 2.22. The molecule has 0 atom stereocenters. The molecule has 50 heavy (non-hydrogen) atoms. The third-order valence-corrected chi connectivity index (χ3v) is 11.7. The van der Waals surface area contributed by atoms with Gasteiger partial charge in [-0.25, -0.2) is 34.8 Å². The summed E-state index contributed by atoms with van der Waals surface area (Å²) in [6.45, 7) is 0. The van der Waals surface area contributed by atoms with Gasteiger partial charge in [0.2, 0.25) is 0 Å². The minimum Gasteiger partial charge on any atom is -0.478 e. The van der Waals surface area contributed by atoms with Crippen LogP contribution in [-0.2, 0) is 30.1 Å². The molecule has 0 aliphatic rings. The molecule has 5 rings (SSSR count). The summed E-state index contributed by atoms with van der Waals surface area (Å²) < 4.78 is 77.6. The van der Waals surface area contributed by atoms with Gasteiger partial charge in [-0.15, -0.1) is 4.13 Å². The Balaban J connectivity index is 0.000000228. The number of carbonyl (C=O) groups is 3. The summed E-state index contributed by atoms with van der Waals surface area (Å²) in [7, 11) is -13.1. The van der Waals surface area contributed by atoms with E-state index < -0.39 is 52.5 Å². The number of carboxylic acids is 2. The number of rotatable bonds is 11. The topological polar surface area (TPSA) is 244 Å². The Labute approximate surface area is 287 Å². The highest BCUT2D eigenvalue weighted by Gasteiger charge is 2.28. The average molecular weight is 738 g/mol. The molecule has 5 aromatic carbocycles. The lowest BCUT2D eigenvalue weighted by molar-refractivity contribution is 0.0682. The zero-order valence-corrected chi connectivity index (χ0v) is 27.9. The molecule has 0 amide bonds. The van der Waals surface area contributed by atoms with E-state index in [1.165, 1.54) is 76.9 Å². The lowest BCUT2D eigenvalue weighted by Gasteiger charge is -2.10. The van der Waals surface area contributed by atoms with Crippen LogP contribution < -0.4 is 14.6 Å². The fraction of sp³-hybridized carbons (Fsp3) is 0. The second-order valence-corrected chi connectivity index (χ2v) is 15.4. The third-order valence-electron chi connectivity index (χ3n) is 6.66. The standard InChI is InChI=1S/C20H15NO5S.C13H12N2O6S2/c22-19(14-6-2-1-3-7-14)15-10-12-16(13-11-15)21-27(25,26)18-9-5-4-8-17(18)20(23)24;14-9-5-7-10(8-6-9)22(18,19)15-23(20,21)12-4-2-1-3-11(12)13(16)17/h1-13,21H,(H,23,24);1-8,15H,14H2,(H,16,17). The molecular weight excluding hydrogens is 711 g/mol. The molecule has 0 saturated carbocycles. The van der Waals surface area contributed by atoms with Crippen LogP contribution in [0.25, 0.3) is 0 Å². The molecule has 0 aliphatic carbocycles. The monoisotopic (exact) mass is 737 g/mol.